The van der Waals surface area contributed by atoms with E-state index in [-0.39, 0.29) is 5.91 Å². The summed E-state index contributed by atoms with van der Waals surface area (Å²) >= 11 is 2.21. The highest BCUT2D eigenvalue weighted by Crippen LogP contribution is 2.14. The van der Waals surface area contributed by atoms with Crippen LogP contribution in [-0.4, -0.2) is 10.9 Å². The zero-order valence-corrected chi connectivity index (χ0v) is 13.8. The van der Waals surface area contributed by atoms with E-state index in [9.17, 15) is 4.79 Å². The van der Waals surface area contributed by atoms with Crippen molar-refractivity contribution in [2.45, 2.75) is 0 Å². The lowest BCUT2D eigenvalue weighted by atomic mass is 10.2. The van der Waals surface area contributed by atoms with Gasteiger partial charge >= 0.3 is 0 Å². The molecule has 1 amide bonds. The quantitative estimate of drug-likeness (QED) is 0.520. The van der Waals surface area contributed by atoms with Gasteiger partial charge in [0.25, 0.3) is 0 Å². The molecular weight excluding hydrogens is 387 g/mol. The Kier molecular flexibility index (Phi) is 4.48. The molecule has 108 valence electrons. The number of aromatic nitrogens is 1. The molecule has 0 aliphatic rings. The van der Waals surface area contributed by atoms with E-state index in [4.69, 9.17) is 0 Å². The number of halogens is 1. The molecule has 2 aromatic carbocycles. The van der Waals surface area contributed by atoms with E-state index < -0.39 is 0 Å². The zero-order valence-electron chi connectivity index (χ0n) is 11.7. The number of hydrogen-bond donors (Lipinski definition) is 1. The molecule has 0 fully saturated rings. The topological polar surface area (TPSA) is 42.0 Å². The molecule has 0 aliphatic heterocycles. The third-order valence-electron chi connectivity index (χ3n) is 3.12. The minimum Gasteiger partial charge on any atom is -0.322 e. The van der Waals surface area contributed by atoms with Gasteiger partial charge in [-0.1, -0.05) is 30.3 Å². The molecule has 1 aromatic heterocycles. The number of benzene rings is 2. The highest BCUT2D eigenvalue weighted by molar-refractivity contribution is 14.1. The second-order valence-electron chi connectivity index (χ2n) is 4.76. The summed E-state index contributed by atoms with van der Waals surface area (Å²) in [5.74, 6) is -0.169. The number of pyridine rings is 1. The Morgan fingerprint density at radius 2 is 1.91 bits per heavy atom. The molecule has 0 saturated carbocycles. The van der Waals surface area contributed by atoms with Gasteiger partial charge in [0, 0.05) is 20.7 Å². The van der Waals surface area contributed by atoms with Crippen molar-refractivity contribution in [3.63, 3.8) is 0 Å². The van der Waals surface area contributed by atoms with Gasteiger partial charge in [-0.05, 0) is 59.0 Å². The molecule has 0 radical (unpaired) electrons. The van der Waals surface area contributed by atoms with E-state index >= 15 is 0 Å². The second kappa shape index (κ2) is 6.70. The van der Waals surface area contributed by atoms with Crippen LogP contribution in [0.4, 0.5) is 5.69 Å². The fraction of sp³-hybridized carbons (Fsp3) is 0. The Bertz CT molecular complexity index is 858. The summed E-state index contributed by atoms with van der Waals surface area (Å²) in [4.78, 5) is 16.4. The van der Waals surface area contributed by atoms with Crippen LogP contribution in [0, 0.1) is 3.57 Å². The summed E-state index contributed by atoms with van der Waals surface area (Å²) in [6, 6.07) is 19.5. The average molecular weight is 400 g/mol. The van der Waals surface area contributed by atoms with E-state index in [0.717, 1.165) is 25.9 Å². The van der Waals surface area contributed by atoms with Gasteiger partial charge in [0.05, 0.1) is 11.2 Å². The maximum Gasteiger partial charge on any atom is 0.248 e. The van der Waals surface area contributed by atoms with Gasteiger partial charge in [-0.25, -0.2) is 4.98 Å². The lowest BCUT2D eigenvalue weighted by Gasteiger charge is -2.02. The van der Waals surface area contributed by atoms with Crippen LogP contribution < -0.4 is 5.32 Å². The number of hydrogen-bond acceptors (Lipinski definition) is 2. The number of nitrogens with zero attached hydrogens (tertiary/aromatic N) is 1. The Hall–Kier alpha value is -2.21. The van der Waals surface area contributed by atoms with Crippen LogP contribution >= 0.6 is 22.6 Å². The number of carbonyl (C=O) groups is 1. The Balaban J connectivity index is 1.73. The number of rotatable bonds is 3. The first-order valence-corrected chi connectivity index (χ1v) is 7.89. The number of carbonyl (C=O) groups excluding carboxylic acids is 1. The van der Waals surface area contributed by atoms with Crippen LogP contribution in [0.15, 0.2) is 66.7 Å². The Morgan fingerprint density at radius 3 is 2.77 bits per heavy atom. The summed E-state index contributed by atoms with van der Waals surface area (Å²) in [6.45, 7) is 0. The smallest absolute Gasteiger partial charge is 0.248 e. The molecule has 1 N–H and O–H groups in total. The second-order valence-corrected chi connectivity index (χ2v) is 6.01. The number of fused-ring (bicyclic) bond motifs is 1. The molecule has 22 heavy (non-hydrogen) atoms. The fourth-order valence-corrected chi connectivity index (χ4v) is 2.63. The molecule has 3 nitrogen and oxygen atoms in total. The lowest BCUT2D eigenvalue weighted by Crippen LogP contribution is -2.07. The summed E-state index contributed by atoms with van der Waals surface area (Å²) in [5, 5.41) is 3.92. The molecule has 3 aromatic rings. The monoisotopic (exact) mass is 400 g/mol. The maximum atomic E-state index is 11.9. The summed E-state index contributed by atoms with van der Waals surface area (Å²) in [7, 11) is 0. The molecule has 0 unspecified atom stereocenters. The molecule has 0 bridgehead atoms. The molecule has 3 rings (SSSR count). The van der Waals surface area contributed by atoms with Crippen LogP contribution in [0.5, 0.6) is 0 Å². The van der Waals surface area contributed by atoms with E-state index in [2.05, 4.69) is 32.9 Å². The van der Waals surface area contributed by atoms with Crippen LogP contribution in [0.2, 0.25) is 0 Å². The maximum absolute atomic E-state index is 11.9. The third-order valence-corrected chi connectivity index (χ3v) is 3.79. The highest BCUT2D eigenvalue weighted by atomic mass is 127. The SMILES string of the molecule is O=C(C=Cc1ccc2ccccc2n1)Nc1cccc(I)c1. The number of amides is 1. The first-order chi connectivity index (χ1) is 10.7. The van der Waals surface area contributed by atoms with Crippen molar-refractivity contribution < 1.29 is 4.79 Å². The van der Waals surface area contributed by atoms with Gasteiger partial charge < -0.3 is 5.32 Å². The predicted molar refractivity (Wildman–Crippen MR) is 98.6 cm³/mol. The van der Waals surface area contributed by atoms with Crippen molar-refractivity contribution in [3.8, 4) is 0 Å². The average Bonchev–Trinajstić information content (AvgIpc) is 2.53. The highest BCUT2D eigenvalue weighted by Gasteiger charge is 1.99. The Labute approximate surface area is 142 Å². The van der Waals surface area contributed by atoms with Crippen LogP contribution in [0.25, 0.3) is 17.0 Å². The van der Waals surface area contributed by atoms with Gasteiger partial charge in [0.1, 0.15) is 0 Å². The van der Waals surface area contributed by atoms with Crippen molar-refractivity contribution in [1.82, 2.24) is 4.98 Å². The molecule has 0 spiro atoms. The summed E-state index contributed by atoms with van der Waals surface area (Å²) in [6.07, 6.45) is 3.21. The molecule has 0 aliphatic carbocycles. The third kappa shape index (κ3) is 3.71. The number of para-hydroxylation sites is 1. The first-order valence-electron chi connectivity index (χ1n) is 6.81. The number of anilines is 1. The predicted octanol–water partition coefficient (Wildman–Crippen LogP) is 4.49. The molecule has 0 saturated heterocycles. The van der Waals surface area contributed by atoms with Crippen LogP contribution in [0.1, 0.15) is 5.69 Å². The minimum absolute atomic E-state index is 0.169. The molecule has 1 heterocycles. The molecule has 4 heteroatoms. The van der Waals surface area contributed by atoms with Crippen molar-refractivity contribution in [2.75, 3.05) is 5.32 Å². The van der Waals surface area contributed by atoms with Gasteiger partial charge in [0.2, 0.25) is 5.91 Å². The van der Waals surface area contributed by atoms with Gasteiger partial charge in [0.15, 0.2) is 0 Å². The minimum atomic E-state index is -0.169. The zero-order chi connectivity index (χ0) is 15.4. The van der Waals surface area contributed by atoms with Gasteiger partial charge in [-0.2, -0.15) is 0 Å². The standard InChI is InChI=1S/C18H13IN2O/c19-14-5-3-6-16(12-14)21-18(22)11-10-15-9-8-13-4-1-2-7-17(13)20-15/h1-12H,(H,21,22). The summed E-state index contributed by atoms with van der Waals surface area (Å²) in [5.41, 5.74) is 2.46. The van der Waals surface area contributed by atoms with Gasteiger partial charge in [-0.15, -0.1) is 0 Å². The lowest BCUT2D eigenvalue weighted by molar-refractivity contribution is -0.111. The van der Waals surface area contributed by atoms with E-state index in [0.29, 0.717) is 0 Å². The first kappa shape index (κ1) is 14.7. The van der Waals surface area contributed by atoms with Crippen molar-refractivity contribution in [1.29, 1.82) is 0 Å². The van der Waals surface area contributed by atoms with E-state index in [1.165, 1.54) is 6.08 Å². The van der Waals surface area contributed by atoms with Crippen LogP contribution in [0.3, 0.4) is 0 Å². The van der Waals surface area contributed by atoms with Crippen molar-refractivity contribution in [3.05, 3.63) is 76.0 Å². The van der Waals surface area contributed by atoms with Gasteiger partial charge in [-0.3, -0.25) is 4.79 Å². The van der Waals surface area contributed by atoms with Crippen LogP contribution in [-0.2, 0) is 4.79 Å². The molecule has 0 atom stereocenters. The normalized spacial score (nSPS) is 11.0. The van der Waals surface area contributed by atoms with Crippen molar-refractivity contribution >= 4 is 51.2 Å². The number of nitrogens with one attached hydrogen (secondary N) is 1. The summed E-state index contributed by atoms with van der Waals surface area (Å²) < 4.78 is 1.08. The van der Waals surface area contributed by atoms with E-state index in [1.54, 1.807) is 6.08 Å². The van der Waals surface area contributed by atoms with Crippen molar-refractivity contribution in [2.24, 2.45) is 0 Å². The largest absolute Gasteiger partial charge is 0.322 e. The Morgan fingerprint density at radius 1 is 1.05 bits per heavy atom. The fourth-order valence-electron chi connectivity index (χ4n) is 2.09. The molecular formula is C18H13IN2O. The van der Waals surface area contributed by atoms with E-state index in [1.807, 2.05) is 60.7 Å².